The van der Waals surface area contributed by atoms with Crippen LogP contribution in [0.5, 0.6) is 11.5 Å². The Morgan fingerprint density at radius 2 is 1.83 bits per heavy atom. The number of fused-ring (bicyclic) bond motifs is 2. The molecule has 2 aromatic rings. The van der Waals surface area contributed by atoms with Crippen molar-refractivity contribution in [1.29, 1.82) is 0 Å². The van der Waals surface area contributed by atoms with Crippen molar-refractivity contribution in [2.24, 2.45) is 11.8 Å². The standard InChI is InChI=1S/C27H30N2O6/c1-17(19-10-11-23-24(14-19)35-16-34-23)28-25(30)15-33-27(32)21-8-4-3-7-20(21)26(31)29-13-12-18-6-2-5-9-22(18)29/h2,5-6,9-11,14,17,20-21H,3-4,7-8,12-13,15-16H2,1H3,(H,28,30). The molecule has 1 saturated carbocycles. The molecular weight excluding hydrogens is 448 g/mol. The second-order valence-corrected chi connectivity index (χ2v) is 9.38. The van der Waals surface area contributed by atoms with Crippen molar-refractivity contribution in [2.45, 2.75) is 45.1 Å². The maximum Gasteiger partial charge on any atom is 0.310 e. The van der Waals surface area contributed by atoms with Crippen molar-refractivity contribution < 1.29 is 28.6 Å². The van der Waals surface area contributed by atoms with Crippen LogP contribution in [0.1, 0.15) is 49.8 Å². The van der Waals surface area contributed by atoms with Crippen LogP contribution in [0.25, 0.3) is 0 Å². The first-order valence-electron chi connectivity index (χ1n) is 12.3. The molecule has 184 valence electrons. The maximum absolute atomic E-state index is 13.4. The summed E-state index contributed by atoms with van der Waals surface area (Å²) in [5.74, 6) is -0.505. The normalized spacial score (nSPS) is 21.2. The summed E-state index contributed by atoms with van der Waals surface area (Å²) < 4.78 is 16.1. The molecular formula is C27H30N2O6. The van der Waals surface area contributed by atoms with E-state index >= 15 is 0 Å². The SMILES string of the molecule is CC(NC(=O)COC(=O)C1CCCCC1C(=O)N1CCc2ccccc21)c1ccc2c(c1)OCO2. The van der Waals surface area contributed by atoms with Gasteiger partial charge in [-0.25, -0.2) is 0 Å². The van der Waals surface area contributed by atoms with Crippen LogP contribution in [0.4, 0.5) is 5.69 Å². The van der Waals surface area contributed by atoms with Crippen LogP contribution in [-0.2, 0) is 25.5 Å². The number of para-hydroxylation sites is 1. The average molecular weight is 479 g/mol. The first-order chi connectivity index (χ1) is 17.0. The fourth-order valence-electron chi connectivity index (χ4n) is 5.27. The number of hydrogen-bond acceptors (Lipinski definition) is 6. The Hall–Kier alpha value is -3.55. The first kappa shape index (κ1) is 23.2. The molecule has 0 spiro atoms. The molecule has 2 aromatic carbocycles. The molecule has 3 atom stereocenters. The molecule has 2 heterocycles. The van der Waals surface area contributed by atoms with E-state index in [0.29, 0.717) is 30.9 Å². The number of rotatable bonds is 6. The molecule has 0 aromatic heterocycles. The van der Waals surface area contributed by atoms with Gasteiger partial charge in [0.25, 0.3) is 5.91 Å². The number of benzene rings is 2. The van der Waals surface area contributed by atoms with Gasteiger partial charge in [0.15, 0.2) is 18.1 Å². The van der Waals surface area contributed by atoms with Gasteiger partial charge in [-0.15, -0.1) is 0 Å². The lowest BCUT2D eigenvalue weighted by Crippen LogP contribution is -2.43. The Morgan fingerprint density at radius 1 is 1.06 bits per heavy atom. The summed E-state index contributed by atoms with van der Waals surface area (Å²) in [6.07, 6.45) is 3.85. The number of amides is 2. The smallest absolute Gasteiger partial charge is 0.310 e. The Balaban J connectivity index is 1.17. The van der Waals surface area contributed by atoms with Crippen molar-refractivity contribution in [2.75, 3.05) is 24.8 Å². The van der Waals surface area contributed by atoms with Crippen LogP contribution in [0.2, 0.25) is 0 Å². The van der Waals surface area contributed by atoms with Crippen molar-refractivity contribution in [3.63, 3.8) is 0 Å². The Labute approximate surface area is 204 Å². The van der Waals surface area contributed by atoms with Crippen LogP contribution < -0.4 is 19.7 Å². The lowest BCUT2D eigenvalue weighted by molar-refractivity contribution is -0.157. The van der Waals surface area contributed by atoms with E-state index in [-0.39, 0.29) is 25.3 Å². The average Bonchev–Trinajstić information content (AvgIpc) is 3.53. The minimum absolute atomic E-state index is 0.0162. The number of carbonyl (C=O) groups excluding carboxylic acids is 3. The van der Waals surface area contributed by atoms with E-state index in [2.05, 4.69) is 5.32 Å². The van der Waals surface area contributed by atoms with Gasteiger partial charge in [0.2, 0.25) is 12.7 Å². The van der Waals surface area contributed by atoms with E-state index < -0.39 is 23.7 Å². The third kappa shape index (κ3) is 4.83. The zero-order chi connectivity index (χ0) is 24.4. The second-order valence-electron chi connectivity index (χ2n) is 9.38. The molecule has 0 bridgehead atoms. The summed E-state index contributed by atoms with van der Waals surface area (Å²) in [5, 5.41) is 2.85. The van der Waals surface area contributed by atoms with Gasteiger partial charge < -0.3 is 24.4 Å². The summed E-state index contributed by atoms with van der Waals surface area (Å²) in [4.78, 5) is 40.7. The van der Waals surface area contributed by atoms with Gasteiger partial charge in [0.05, 0.1) is 17.9 Å². The van der Waals surface area contributed by atoms with Gasteiger partial charge in [-0.2, -0.15) is 0 Å². The number of nitrogens with zero attached hydrogens (tertiary/aromatic N) is 1. The highest BCUT2D eigenvalue weighted by molar-refractivity contribution is 5.99. The molecule has 1 N–H and O–H groups in total. The fourth-order valence-corrected chi connectivity index (χ4v) is 5.27. The molecule has 0 saturated heterocycles. The Kier molecular flexibility index (Phi) is 6.61. The molecule has 1 fully saturated rings. The van der Waals surface area contributed by atoms with Crippen molar-refractivity contribution in [3.05, 3.63) is 53.6 Å². The van der Waals surface area contributed by atoms with Crippen LogP contribution in [-0.4, -0.2) is 37.7 Å². The van der Waals surface area contributed by atoms with Gasteiger partial charge >= 0.3 is 5.97 Å². The zero-order valence-corrected chi connectivity index (χ0v) is 19.8. The summed E-state index contributed by atoms with van der Waals surface area (Å²) in [6.45, 7) is 2.29. The van der Waals surface area contributed by atoms with Gasteiger partial charge in [-0.05, 0) is 55.5 Å². The monoisotopic (exact) mass is 478 g/mol. The quantitative estimate of drug-likeness (QED) is 0.639. The van der Waals surface area contributed by atoms with Crippen LogP contribution >= 0.6 is 0 Å². The highest BCUT2D eigenvalue weighted by Crippen LogP contribution is 2.37. The third-order valence-electron chi connectivity index (χ3n) is 7.16. The molecule has 1 aliphatic carbocycles. The topological polar surface area (TPSA) is 94.2 Å². The van der Waals surface area contributed by atoms with E-state index in [1.165, 1.54) is 0 Å². The molecule has 8 heteroatoms. The highest BCUT2D eigenvalue weighted by atomic mass is 16.7. The Bertz CT molecular complexity index is 1130. The van der Waals surface area contributed by atoms with E-state index in [0.717, 1.165) is 36.1 Å². The second kappa shape index (κ2) is 9.98. The summed E-state index contributed by atoms with van der Waals surface area (Å²) in [6, 6.07) is 13.1. The molecule has 0 radical (unpaired) electrons. The molecule has 8 nitrogen and oxygen atoms in total. The molecule has 2 amide bonds. The van der Waals surface area contributed by atoms with E-state index in [1.54, 1.807) is 6.07 Å². The highest BCUT2D eigenvalue weighted by Gasteiger charge is 2.40. The zero-order valence-electron chi connectivity index (χ0n) is 19.8. The predicted molar refractivity (Wildman–Crippen MR) is 128 cm³/mol. The molecule has 3 unspecified atom stereocenters. The summed E-state index contributed by atoms with van der Waals surface area (Å²) in [7, 11) is 0. The van der Waals surface area contributed by atoms with Crippen molar-refractivity contribution >= 4 is 23.5 Å². The van der Waals surface area contributed by atoms with Crippen LogP contribution in [0.3, 0.4) is 0 Å². The minimum atomic E-state index is -0.525. The van der Waals surface area contributed by atoms with Crippen LogP contribution in [0, 0.1) is 11.8 Å². The Morgan fingerprint density at radius 3 is 2.69 bits per heavy atom. The van der Waals surface area contributed by atoms with Crippen molar-refractivity contribution in [1.82, 2.24) is 5.32 Å². The van der Waals surface area contributed by atoms with Gasteiger partial charge in [-0.3, -0.25) is 14.4 Å². The van der Waals surface area contributed by atoms with E-state index in [9.17, 15) is 14.4 Å². The van der Waals surface area contributed by atoms with Gasteiger partial charge in [-0.1, -0.05) is 37.1 Å². The molecule has 2 aliphatic heterocycles. The number of esters is 1. The summed E-state index contributed by atoms with van der Waals surface area (Å²) >= 11 is 0. The molecule has 5 rings (SSSR count). The largest absolute Gasteiger partial charge is 0.455 e. The number of nitrogens with one attached hydrogen (secondary N) is 1. The number of carbonyl (C=O) groups is 3. The number of ether oxygens (including phenoxy) is 3. The number of hydrogen-bond donors (Lipinski definition) is 1. The minimum Gasteiger partial charge on any atom is -0.455 e. The first-order valence-corrected chi connectivity index (χ1v) is 12.3. The predicted octanol–water partition coefficient (Wildman–Crippen LogP) is 3.53. The fraction of sp³-hybridized carbons (Fsp3) is 0.444. The lowest BCUT2D eigenvalue weighted by Gasteiger charge is -2.32. The maximum atomic E-state index is 13.4. The molecule has 3 aliphatic rings. The number of anilines is 1. The molecule has 35 heavy (non-hydrogen) atoms. The summed E-state index contributed by atoms with van der Waals surface area (Å²) in [5.41, 5.74) is 2.95. The van der Waals surface area contributed by atoms with E-state index in [1.807, 2.05) is 48.2 Å². The van der Waals surface area contributed by atoms with Crippen molar-refractivity contribution in [3.8, 4) is 11.5 Å². The lowest BCUT2D eigenvalue weighted by atomic mass is 9.78. The van der Waals surface area contributed by atoms with Crippen LogP contribution in [0.15, 0.2) is 42.5 Å². The van der Waals surface area contributed by atoms with Gasteiger partial charge in [0.1, 0.15) is 0 Å². The van der Waals surface area contributed by atoms with Gasteiger partial charge in [0, 0.05) is 12.2 Å². The van der Waals surface area contributed by atoms with E-state index in [4.69, 9.17) is 14.2 Å². The third-order valence-corrected chi connectivity index (χ3v) is 7.16.